The molecule has 22 heavy (non-hydrogen) atoms. The summed E-state index contributed by atoms with van der Waals surface area (Å²) in [5, 5.41) is 3.90. The first-order chi connectivity index (χ1) is 10.7. The van der Waals surface area contributed by atoms with E-state index in [1.807, 2.05) is 6.92 Å². The van der Waals surface area contributed by atoms with E-state index in [2.05, 4.69) is 10.3 Å². The van der Waals surface area contributed by atoms with Gasteiger partial charge in [0.1, 0.15) is 0 Å². The molecule has 6 heteroatoms. The summed E-state index contributed by atoms with van der Waals surface area (Å²) in [6, 6.07) is 1.86. The zero-order valence-corrected chi connectivity index (χ0v) is 13.8. The fourth-order valence-corrected chi connectivity index (χ4v) is 4.45. The second kappa shape index (κ2) is 6.86. The lowest BCUT2D eigenvalue weighted by Crippen LogP contribution is -2.38. The van der Waals surface area contributed by atoms with Crippen LogP contribution in [0.1, 0.15) is 57.2 Å². The quantitative estimate of drug-likeness (QED) is 0.864. The molecule has 0 bridgehead atoms. The van der Waals surface area contributed by atoms with Gasteiger partial charge in [-0.3, -0.25) is 14.2 Å². The normalized spacial score (nSPS) is 21.6. The van der Waals surface area contributed by atoms with Crippen LogP contribution in [0.25, 0.3) is 0 Å². The number of hydrogen-bond acceptors (Lipinski definition) is 4. The average Bonchev–Trinajstić information content (AvgIpc) is 2.91. The van der Waals surface area contributed by atoms with Crippen LogP contribution in [0.3, 0.4) is 0 Å². The summed E-state index contributed by atoms with van der Waals surface area (Å²) in [5.74, 6) is 0.824. The monoisotopic (exact) mass is 321 g/mol. The van der Waals surface area contributed by atoms with Gasteiger partial charge in [-0.2, -0.15) is 0 Å². The van der Waals surface area contributed by atoms with Crippen molar-refractivity contribution in [3.8, 4) is 0 Å². The van der Waals surface area contributed by atoms with Crippen LogP contribution in [0.5, 0.6) is 0 Å². The molecule has 1 aliphatic heterocycles. The van der Waals surface area contributed by atoms with Gasteiger partial charge in [0.25, 0.3) is 5.56 Å². The van der Waals surface area contributed by atoms with Crippen LogP contribution in [0.15, 0.2) is 16.0 Å². The second-order valence-corrected chi connectivity index (χ2v) is 7.15. The van der Waals surface area contributed by atoms with Crippen LogP contribution in [0.4, 0.5) is 0 Å². The van der Waals surface area contributed by atoms with Gasteiger partial charge in [0.2, 0.25) is 5.91 Å². The maximum atomic E-state index is 12.3. The Morgan fingerprint density at radius 1 is 1.41 bits per heavy atom. The lowest BCUT2D eigenvalue weighted by molar-refractivity contribution is -0.122. The van der Waals surface area contributed by atoms with Crippen molar-refractivity contribution in [3.05, 3.63) is 22.1 Å². The van der Waals surface area contributed by atoms with E-state index in [0.29, 0.717) is 12.5 Å². The fraction of sp³-hybridized carbons (Fsp3) is 0.688. The Balaban J connectivity index is 1.66. The van der Waals surface area contributed by atoms with E-state index >= 15 is 0 Å². The van der Waals surface area contributed by atoms with E-state index in [1.165, 1.54) is 19.3 Å². The van der Waals surface area contributed by atoms with Crippen molar-refractivity contribution in [3.63, 3.8) is 0 Å². The Bertz CT molecular complexity index is 608. The van der Waals surface area contributed by atoms with Gasteiger partial charge in [-0.25, -0.2) is 4.98 Å². The Kier molecular flexibility index (Phi) is 4.86. The van der Waals surface area contributed by atoms with E-state index in [-0.39, 0.29) is 17.5 Å². The maximum absolute atomic E-state index is 12.3. The molecule has 1 aliphatic carbocycles. The SMILES string of the molecule is CCc1cc(=O)n2c(n1)SCC2CC(=O)NC1CCCCC1. The van der Waals surface area contributed by atoms with Crippen LogP contribution in [0.2, 0.25) is 0 Å². The molecule has 1 fully saturated rings. The zero-order valence-electron chi connectivity index (χ0n) is 13.0. The van der Waals surface area contributed by atoms with Gasteiger partial charge in [-0.1, -0.05) is 37.9 Å². The average molecular weight is 321 g/mol. The Morgan fingerprint density at radius 2 is 2.18 bits per heavy atom. The molecule has 1 aromatic rings. The van der Waals surface area contributed by atoms with Crippen LogP contribution in [0, 0.1) is 0 Å². The minimum Gasteiger partial charge on any atom is -0.353 e. The van der Waals surface area contributed by atoms with Gasteiger partial charge in [0, 0.05) is 30.0 Å². The van der Waals surface area contributed by atoms with E-state index in [0.717, 1.165) is 35.9 Å². The number of nitrogens with one attached hydrogen (secondary N) is 1. The van der Waals surface area contributed by atoms with Crippen molar-refractivity contribution < 1.29 is 4.79 Å². The molecule has 1 N–H and O–H groups in total. The topological polar surface area (TPSA) is 64.0 Å². The zero-order chi connectivity index (χ0) is 15.5. The molecule has 0 aromatic carbocycles. The van der Waals surface area contributed by atoms with Crippen LogP contribution < -0.4 is 10.9 Å². The van der Waals surface area contributed by atoms with Crippen molar-refractivity contribution >= 4 is 17.7 Å². The summed E-state index contributed by atoms with van der Waals surface area (Å²) < 4.78 is 1.70. The summed E-state index contributed by atoms with van der Waals surface area (Å²) in [6.07, 6.45) is 7.00. The summed E-state index contributed by atoms with van der Waals surface area (Å²) in [4.78, 5) is 29.0. The molecule has 2 heterocycles. The number of rotatable bonds is 4. The highest BCUT2D eigenvalue weighted by molar-refractivity contribution is 7.99. The number of thioether (sulfide) groups is 1. The molecule has 1 amide bonds. The molecule has 0 spiro atoms. The Morgan fingerprint density at radius 3 is 2.91 bits per heavy atom. The molecular formula is C16H23N3O2S. The van der Waals surface area contributed by atoms with Gasteiger partial charge in [-0.15, -0.1) is 0 Å². The number of fused-ring (bicyclic) bond motifs is 1. The number of nitrogens with zero attached hydrogens (tertiary/aromatic N) is 2. The van der Waals surface area contributed by atoms with E-state index in [4.69, 9.17) is 0 Å². The standard InChI is InChI=1S/C16H23N3O2S/c1-2-11-8-15(21)19-13(10-22-16(19)18-11)9-14(20)17-12-6-4-3-5-7-12/h8,12-13H,2-7,9-10H2,1H3,(H,17,20). The van der Waals surface area contributed by atoms with E-state index < -0.39 is 0 Å². The third kappa shape index (κ3) is 3.37. The first kappa shape index (κ1) is 15.6. The number of amides is 1. The molecule has 5 nitrogen and oxygen atoms in total. The molecule has 1 aromatic heterocycles. The van der Waals surface area contributed by atoms with Crippen molar-refractivity contribution in [1.82, 2.24) is 14.9 Å². The highest BCUT2D eigenvalue weighted by atomic mass is 32.2. The van der Waals surface area contributed by atoms with Crippen molar-refractivity contribution in [2.75, 3.05) is 5.75 Å². The van der Waals surface area contributed by atoms with E-state index in [1.54, 1.807) is 22.4 Å². The van der Waals surface area contributed by atoms with Gasteiger partial charge in [0.05, 0.1) is 6.04 Å². The van der Waals surface area contributed by atoms with Gasteiger partial charge in [-0.05, 0) is 19.3 Å². The second-order valence-electron chi connectivity index (χ2n) is 6.16. The first-order valence-electron chi connectivity index (χ1n) is 8.22. The summed E-state index contributed by atoms with van der Waals surface area (Å²) in [7, 11) is 0. The Hall–Kier alpha value is -1.30. The number of carbonyl (C=O) groups is 1. The maximum Gasteiger partial charge on any atom is 0.254 e. The number of aryl methyl sites for hydroxylation is 1. The van der Waals surface area contributed by atoms with Crippen molar-refractivity contribution in [1.29, 1.82) is 0 Å². The summed E-state index contributed by atoms with van der Waals surface area (Å²) >= 11 is 1.58. The molecule has 0 radical (unpaired) electrons. The predicted octanol–water partition coefficient (Wildman–Crippen LogP) is 2.29. The molecule has 3 rings (SSSR count). The number of carbonyl (C=O) groups excluding carboxylic acids is 1. The molecule has 0 saturated heterocycles. The highest BCUT2D eigenvalue weighted by Crippen LogP contribution is 2.32. The first-order valence-corrected chi connectivity index (χ1v) is 9.20. The number of hydrogen-bond donors (Lipinski definition) is 1. The molecular weight excluding hydrogens is 298 g/mol. The highest BCUT2D eigenvalue weighted by Gasteiger charge is 2.28. The minimum absolute atomic E-state index is 0.0256. The van der Waals surface area contributed by atoms with Gasteiger partial charge < -0.3 is 5.32 Å². The van der Waals surface area contributed by atoms with Gasteiger partial charge >= 0.3 is 0 Å². The van der Waals surface area contributed by atoms with Gasteiger partial charge in [0.15, 0.2) is 5.16 Å². The lowest BCUT2D eigenvalue weighted by atomic mass is 9.95. The summed E-state index contributed by atoms with van der Waals surface area (Å²) in [6.45, 7) is 1.99. The molecule has 120 valence electrons. The van der Waals surface area contributed by atoms with Crippen molar-refractivity contribution in [2.45, 2.75) is 69.1 Å². The van der Waals surface area contributed by atoms with E-state index in [9.17, 15) is 9.59 Å². The third-order valence-corrected chi connectivity index (χ3v) is 5.59. The molecule has 2 aliphatic rings. The Labute approximate surface area is 134 Å². The molecule has 1 saturated carbocycles. The van der Waals surface area contributed by atoms with Crippen molar-refractivity contribution in [2.24, 2.45) is 0 Å². The fourth-order valence-electron chi connectivity index (χ4n) is 3.28. The summed E-state index contributed by atoms with van der Waals surface area (Å²) in [5.41, 5.74) is 0.804. The van der Waals surface area contributed by atoms with Crippen LogP contribution in [-0.2, 0) is 11.2 Å². The lowest BCUT2D eigenvalue weighted by Gasteiger charge is -2.23. The molecule has 1 unspecified atom stereocenters. The third-order valence-electron chi connectivity index (χ3n) is 4.50. The molecule has 1 atom stereocenters. The van der Waals surface area contributed by atoms with Crippen LogP contribution >= 0.6 is 11.8 Å². The van der Waals surface area contributed by atoms with Crippen LogP contribution in [-0.4, -0.2) is 27.3 Å². The smallest absolute Gasteiger partial charge is 0.254 e. The largest absolute Gasteiger partial charge is 0.353 e. The predicted molar refractivity (Wildman–Crippen MR) is 87.3 cm³/mol. The minimum atomic E-state index is -0.0607. The number of aromatic nitrogens is 2.